The number of aliphatic hydroxyl groups excluding tert-OH is 1. The van der Waals surface area contributed by atoms with Crippen LogP contribution in [-0.2, 0) is 16.1 Å². The lowest BCUT2D eigenvalue weighted by Gasteiger charge is -2.33. The highest BCUT2D eigenvalue weighted by molar-refractivity contribution is 5.88. The Bertz CT molecular complexity index is 877. The molecule has 4 rings (SSSR count). The molecule has 6 heteroatoms. The quantitative estimate of drug-likeness (QED) is 0.599. The van der Waals surface area contributed by atoms with Gasteiger partial charge in [0.1, 0.15) is 30.8 Å². The zero-order valence-corrected chi connectivity index (χ0v) is 16.4. The largest absolute Gasteiger partial charge is 0.490 e. The van der Waals surface area contributed by atoms with E-state index in [0.717, 1.165) is 35.4 Å². The molecule has 29 heavy (non-hydrogen) atoms. The van der Waals surface area contributed by atoms with Crippen LogP contribution in [0.25, 0.3) is 10.8 Å². The summed E-state index contributed by atoms with van der Waals surface area (Å²) in [5.74, 6) is 1.63. The molecule has 2 heterocycles. The Labute approximate surface area is 170 Å². The van der Waals surface area contributed by atoms with Gasteiger partial charge in [0, 0.05) is 25.0 Å². The third-order valence-corrected chi connectivity index (χ3v) is 5.00. The molecule has 2 atom stereocenters. The van der Waals surface area contributed by atoms with Gasteiger partial charge in [0.15, 0.2) is 0 Å². The van der Waals surface area contributed by atoms with Gasteiger partial charge < -0.3 is 23.7 Å². The normalized spacial score (nSPS) is 18.7. The van der Waals surface area contributed by atoms with Crippen molar-refractivity contribution in [3.8, 4) is 5.75 Å². The molecule has 0 saturated carbocycles. The monoisotopic (exact) mass is 397 g/mol. The van der Waals surface area contributed by atoms with Crippen LogP contribution in [0, 0.1) is 0 Å². The molecule has 6 nitrogen and oxygen atoms in total. The molecular weight excluding hydrogens is 370 g/mol. The fourth-order valence-electron chi connectivity index (χ4n) is 3.59. The summed E-state index contributed by atoms with van der Waals surface area (Å²) in [5, 5.41) is 12.5. The first-order chi connectivity index (χ1) is 14.3. The Balaban J connectivity index is 1.23. The fourth-order valence-corrected chi connectivity index (χ4v) is 3.59. The van der Waals surface area contributed by atoms with E-state index in [1.807, 2.05) is 36.4 Å². The lowest BCUT2D eigenvalue weighted by molar-refractivity contribution is -0.0658. The Hall–Kier alpha value is -2.38. The number of hydrogen-bond donors (Lipinski definition) is 1. The average molecular weight is 397 g/mol. The summed E-state index contributed by atoms with van der Waals surface area (Å²) in [4.78, 5) is 2.20. The SMILES string of the molecule is OC(COCc1ccco1)CN1CCOC(COc2cccc3ccccc23)C1. The van der Waals surface area contributed by atoms with Crippen molar-refractivity contribution in [3.05, 3.63) is 66.6 Å². The third kappa shape index (κ3) is 5.58. The first-order valence-corrected chi connectivity index (χ1v) is 10.0. The zero-order chi connectivity index (χ0) is 19.9. The van der Waals surface area contributed by atoms with E-state index in [1.54, 1.807) is 6.26 Å². The maximum Gasteiger partial charge on any atom is 0.129 e. The standard InChI is InChI=1S/C23H27NO5/c25-19(15-26-16-20-7-4-11-27-20)13-24-10-12-28-21(14-24)17-29-23-9-3-6-18-5-1-2-8-22(18)23/h1-9,11,19,21,25H,10,12-17H2. The van der Waals surface area contributed by atoms with Gasteiger partial charge in [0.2, 0.25) is 0 Å². The van der Waals surface area contributed by atoms with Crippen molar-refractivity contribution in [2.75, 3.05) is 39.5 Å². The fraction of sp³-hybridized carbons (Fsp3) is 0.391. The van der Waals surface area contributed by atoms with Gasteiger partial charge in [-0.25, -0.2) is 0 Å². The molecule has 0 spiro atoms. The van der Waals surface area contributed by atoms with Gasteiger partial charge in [-0.2, -0.15) is 0 Å². The van der Waals surface area contributed by atoms with Gasteiger partial charge >= 0.3 is 0 Å². The molecular formula is C23H27NO5. The predicted octanol–water partition coefficient (Wildman–Crippen LogP) is 3.09. The second-order valence-electron chi connectivity index (χ2n) is 7.29. The number of ether oxygens (including phenoxy) is 3. The summed E-state index contributed by atoms with van der Waals surface area (Å²) in [6.45, 7) is 3.81. The van der Waals surface area contributed by atoms with Crippen LogP contribution in [0.1, 0.15) is 5.76 Å². The molecule has 1 aliphatic heterocycles. The van der Waals surface area contributed by atoms with Crippen molar-refractivity contribution < 1.29 is 23.7 Å². The van der Waals surface area contributed by atoms with Gasteiger partial charge in [-0.05, 0) is 23.6 Å². The van der Waals surface area contributed by atoms with Gasteiger partial charge in [0.05, 0.1) is 25.6 Å². The highest BCUT2D eigenvalue weighted by atomic mass is 16.5. The highest BCUT2D eigenvalue weighted by Gasteiger charge is 2.23. The van der Waals surface area contributed by atoms with Crippen LogP contribution >= 0.6 is 0 Å². The van der Waals surface area contributed by atoms with Crippen LogP contribution < -0.4 is 4.74 Å². The molecule has 1 saturated heterocycles. The smallest absolute Gasteiger partial charge is 0.129 e. The number of morpholine rings is 1. The molecule has 1 aliphatic rings. The molecule has 2 unspecified atom stereocenters. The minimum atomic E-state index is -0.553. The average Bonchev–Trinajstić information content (AvgIpc) is 3.26. The Kier molecular flexibility index (Phi) is 6.79. The Morgan fingerprint density at radius 1 is 1.10 bits per heavy atom. The topological polar surface area (TPSA) is 64.3 Å². The number of hydrogen-bond acceptors (Lipinski definition) is 6. The van der Waals surface area contributed by atoms with E-state index in [9.17, 15) is 5.11 Å². The lowest BCUT2D eigenvalue weighted by Crippen LogP contribution is -2.48. The maximum absolute atomic E-state index is 10.3. The van der Waals surface area contributed by atoms with Gasteiger partial charge in [-0.15, -0.1) is 0 Å². The van der Waals surface area contributed by atoms with E-state index in [2.05, 4.69) is 23.1 Å². The van der Waals surface area contributed by atoms with E-state index in [-0.39, 0.29) is 12.7 Å². The molecule has 2 aromatic carbocycles. The molecule has 0 aliphatic carbocycles. The number of aliphatic hydroxyl groups is 1. The number of fused-ring (bicyclic) bond motifs is 1. The number of furan rings is 1. The molecule has 154 valence electrons. The molecule has 0 bridgehead atoms. The van der Waals surface area contributed by atoms with E-state index in [4.69, 9.17) is 18.6 Å². The van der Waals surface area contributed by atoms with Crippen molar-refractivity contribution in [1.82, 2.24) is 4.90 Å². The van der Waals surface area contributed by atoms with Crippen LogP contribution in [-0.4, -0.2) is 61.7 Å². The van der Waals surface area contributed by atoms with E-state index >= 15 is 0 Å². The molecule has 3 aromatic rings. The summed E-state index contributed by atoms with van der Waals surface area (Å²) in [6, 6.07) is 17.9. The number of benzene rings is 2. The number of nitrogens with zero attached hydrogens (tertiary/aromatic N) is 1. The van der Waals surface area contributed by atoms with Crippen molar-refractivity contribution in [3.63, 3.8) is 0 Å². The third-order valence-electron chi connectivity index (χ3n) is 5.00. The second-order valence-corrected chi connectivity index (χ2v) is 7.29. The van der Waals surface area contributed by atoms with E-state index in [0.29, 0.717) is 26.4 Å². The first kappa shape index (κ1) is 19.9. The first-order valence-electron chi connectivity index (χ1n) is 10.0. The van der Waals surface area contributed by atoms with Crippen LogP contribution in [0.2, 0.25) is 0 Å². The van der Waals surface area contributed by atoms with E-state index in [1.165, 1.54) is 0 Å². The molecule has 1 fully saturated rings. The highest BCUT2D eigenvalue weighted by Crippen LogP contribution is 2.25. The molecule has 1 N–H and O–H groups in total. The second kappa shape index (κ2) is 9.89. The van der Waals surface area contributed by atoms with Crippen molar-refractivity contribution in [1.29, 1.82) is 0 Å². The summed E-state index contributed by atoms with van der Waals surface area (Å²) >= 11 is 0. The summed E-state index contributed by atoms with van der Waals surface area (Å²) < 4.78 is 22.7. The molecule has 0 amide bonds. The van der Waals surface area contributed by atoms with Gasteiger partial charge in [-0.3, -0.25) is 4.90 Å². The van der Waals surface area contributed by atoms with Crippen LogP contribution in [0.3, 0.4) is 0 Å². The Morgan fingerprint density at radius 2 is 2.00 bits per heavy atom. The summed E-state index contributed by atoms with van der Waals surface area (Å²) in [7, 11) is 0. The van der Waals surface area contributed by atoms with E-state index < -0.39 is 6.10 Å². The molecule has 1 aromatic heterocycles. The van der Waals surface area contributed by atoms with Crippen molar-refractivity contribution in [2.24, 2.45) is 0 Å². The van der Waals surface area contributed by atoms with Gasteiger partial charge in [-0.1, -0.05) is 36.4 Å². The predicted molar refractivity (Wildman–Crippen MR) is 110 cm³/mol. The van der Waals surface area contributed by atoms with Crippen LogP contribution in [0.4, 0.5) is 0 Å². The summed E-state index contributed by atoms with van der Waals surface area (Å²) in [5.41, 5.74) is 0. The Morgan fingerprint density at radius 3 is 2.90 bits per heavy atom. The van der Waals surface area contributed by atoms with Gasteiger partial charge in [0.25, 0.3) is 0 Å². The minimum absolute atomic E-state index is 0.0287. The number of β-amino-alcohol motifs (C(OH)–C–C–N with tert-alkyl or cyclic N) is 1. The number of rotatable bonds is 9. The lowest BCUT2D eigenvalue weighted by atomic mass is 10.1. The molecule has 0 radical (unpaired) electrons. The summed E-state index contributed by atoms with van der Waals surface area (Å²) in [6.07, 6.45) is 1.03. The van der Waals surface area contributed by atoms with Crippen molar-refractivity contribution >= 4 is 10.8 Å². The minimum Gasteiger partial charge on any atom is -0.490 e. The maximum atomic E-state index is 10.3. The zero-order valence-electron chi connectivity index (χ0n) is 16.4. The van der Waals surface area contributed by atoms with Crippen molar-refractivity contribution in [2.45, 2.75) is 18.8 Å². The van der Waals surface area contributed by atoms with Crippen LogP contribution in [0.5, 0.6) is 5.75 Å². The van der Waals surface area contributed by atoms with Crippen LogP contribution in [0.15, 0.2) is 65.3 Å².